The van der Waals surface area contributed by atoms with Crippen molar-refractivity contribution in [3.63, 3.8) is 0 Å². The summed E-state index contributed by atoms with van der Waals surface area (Å²) in [5, 5.41) is 3.62. The Morgan fingerprint density at radius 1 is 1.53 bits per heavy atom. The Kier molecular flexibility index (Phi) is 4.02. The summed E-state index contributed by atoms with van der Waals surface area (Å²) in [4.78, 5) is 0. The van der Waals surface area contributed by atoms with Crippen molar-refractivity contribution >= 4 is 5.69 Å². The fourth-order valence-electron chi connectivity index (χ4n) is 2.50. The zero-order chi connectivity index (χ0) is 12.3. The lowest BCUT2D eigenvalue weighted by Gasteiger charge is -2.20. The highest BCUT2D eigenvalue weighted by molar-refractivity contribution is 5.47. The number of nitrogens with one attached hydrogen (secondary N) is 1. The summed E-state index contributed by atoms with van der Waals surface area (Å²) in [6.07, 6.45) is 2.29. The number of hydrogen-bond acceptors (Lipinski definition) is 3. The number of benzene rings is 1. The van der Waals surface area contributed by atoms with E-state index in [-0.39, 0.29) is 0 Å². The van der Waals surface area contributed by atoms with Crippen LogP contribution in [-0.2, 0) is 11.2 Å². The zero-order valence-corrected chi connectivity index (χ0v) is 10.7. The van der Waals surface area contributed by atoms with Crippen LogP contribution in [0, 0.1) is 0 Å². The number of fused-ring (bicyclic) bond motifs is 1. The second-order valence-corrected chi connectivity index (χ2v) is 4.78. The van der Waals surface area contributed by atoms with Gasteiger partial charge in [-0.3, -0.25) is 0 Å². The maximum Gasteiger partial charge on any atom is 0.0616 e. The van der Waals surface area contributed by atoms with Crippen molar-refractivity contribution in [3.8, 4) is 0 Å². The predicted octanol–water partition coefficient (Wildman–Crippen LogP) is 2.27. The Morgan fingerprint density at radius 2 is 2.35 bits per heavy atom. The SMILES string of the molecule is CCOCC(C)NC1CCc2cc(N)ccc21. The third-order valence-electron chi connectivity index (χ3n) is 3.30. The van der Waals surface area contributed by atoms with Crippen LogP contribution in [0.15, 0.2) is 18.2 Å². The van der Waals surface area contributed by atoms with Crippen molar-refractivity contribution in [2.75, 3.05) is 18.9 Å². The molecule has 1 aromatic rings. The second-order valence-electron chi connectivity index (χ2n) is 4.78. The molecule has 3 nitrogen and oxygen atoms in total. The van der Waals surface area contributed by atoms with Crippen molar-refractivity contribution in [1.29, 1.82) is 0 Å². The van der Waals surface area contributed by atoms with Gasteiger partial charge in [0.2, 0.25) is 0 Å². The summed E-state index contributed by atoms with van der Waals surface area (Å²) in [5.74, 6) is 0. The van der Waals surface area contributed by atoms with Crippen LogP contribution in [0.5, 0.6) is 0 Å². The van der Waals surface area contributed by atoms with Crippen molar-refractivity contribution in [3.05, 3.63) is 29.3 Å². The largest absolute Gasteiger partial charge is 0.399 e. The van der Waals surface area contributed by atoms with E-state index in [4.69, 9.17) is 10.5 Å². The molecule has 94 valence electrons. The normalized spacial score (nSPS) is 20.2. The maximum atomic E-state index is 5.80. The van der Waals surface area contributed by atoms with Gasteiger partial charge in [-0.15, -0.1) is 0 Å². The van der Waals surface area contributed by atoms with Gasteiger partial charge in [0.05, 0.1) is 6.61 Å². The minimum atomic E-state index is 0.392. The van der Waals surface area contributed by atoms with Crippen LogP contribution in [0.2, 0.25) is 0 Å². The summed E-state index contributed by atoms with van der Waals surface area (Å²) in [5.41, 5.74) is 9.47. The Hall–Kier alpha value is -1.06. The van der Waals surface area contributed by atoms with Gasteiger partial charge in [-0.1, -0.05) is 6.07 Å². The number of nitrogen functional groups attached to an aromatic ring is 1. The molecular weight excluding hydrogens is 212 g/mol. The standard InChI is InChI=1S/C14H22N2O/c1-3-17-9-10(2)16-14-7-4-11-8-12(15)5-6-13(11)14/h5-6,8,10,14,16H,3-4,7,9,15H2,1-2H3. The molecule has 0 radical (unpaired) electrons. The van der Waals surface area contributed by atoms with E-state index in [1.807, 2.05) is 13.0 Å². The Bertz CT molecular complexity index is 378. The van der Waals surface area contributed by atoms with E-state index >= 15 is 0 Å². The fraction of sp³-hybridized carbons (Fsp3) is 0.571. The summed E-state index contributed by atoms with van der Waals surface area (Å²) >= 11 is 0. The first-order valence-corrected chi connectivity index (χ1v) is 6.42. The van der Waals surface area contributed by atoms with E-state index in [2.05, 4.69) is 24.4 Å². The van der Waals surface area contributed by atoms with Gasteiger partial charge in [0.25, 0.3) is 0 Å². The molecule has 0 aliphatic heterocycles. The van der Waals surface area contributed by atoms with Gasteiger partial charge in [0.15, 0.2) is 0 Å². The molecule has 2 atom stereocenters. The summed E-state index contributed by atoms with van der Waals surface area (Å²) in [7, 11) is 0. The zero-order valence-electron chi connectivity index (χ0n) is 10.7. The third kappa shape index (κ3) is 2.99. The molecule has 0 spiro atoms. The molecule has 0 saturated heterocycles. The van der Waals surface area contributed by atoms with Gasteiger partial charge in [-0.2, -0.15) is 0 Å². The van der Waals surface area contributed by atoms with E-state index < -0.39 is 0 Å². The molecule has 0 fully saturated rings. The second kappa shape index (κ2) is 5.52. The van der Waals surface area contributed by atoms with E-state index in [1.54, 1.807) is 0 Å². The lowest BCUT2D eigenvalue weighted by atomic mass is 10.1. The summed E-state index contributed by atoms with van der Waals surface area (Å²) in [6.45, 7) is 5.76. The topological polar surface area (TPSA) is 47.3 Å². The van der Waals surface area contributed by atoms with Crippen LogP contribution >= 0.6 is 0 Å². The van der Waals surface area contributed by atoms with Gasteiger partial charge in [-0.25, -0.2) is 0 Å². The van der Waals surface area contributed by atoms with E-state index in [0.29, 0.717) is 12.1 Å². The average molecular weight is 234 g/mol. The smallest absolute Gasteiger partial charge is 0.0616 e. The first-order chi connectivity index (χ1) is 8.20. The van der Waals surface area contributed by atoms with Crippen LogP contribution in [-0.4, -0.2) is 19.3 Å². The van der Waals surface area contributed by atoms with Crippen molar-refractivity contribution < 1.29 is 4.74 Å². The highest BCUT2D eigenvalue weighted by atomic mass is 16.5. The van der Waals surface area contributed by atoms with Crippen LogP contribution in [0.1, 0.15) is 37.4 Å². The number of hydrogen-bond donors (Lipinski definition) is 2. The van der Waals surface area contributed by atoms with Gasteiger partial charge in [0.1, 0.15) is 0 Å². The average Bonchev–Trinajstić information content (AvgIpc) is 2.69. The third-order valence-corrected chi connectivity index (χ3v) is 3.30. The first kappa shape index (κ1) is 12.4. The molecule has 2 unspecified atom stereocenters. The molecule has 1 aromatic carbocycles. The maximum absolute atomic E-state index is 5.80. The summed E-state index contributed by atoms with van der Waals surface area (Å²) in [6, 6.07) is 7.10. The fourth-order valence-corrected chi connectivity index (χ4v) is 2.50. The molecule has 1 aliphatic carbocycles. The molecular formula is C14H22N2O. The molecule has 1 aliphatic rings. The molecule has 17 heavy (non-hydrogen) atoms. The van der Waals surface area contributed by atoms with Crippen LogP contribution in [0.25, 0.3) is 0 Å². The molecule has 0 heterocycles. The Morgan fingerprint density at radius 3 is 3.12 bits per heavy atom. The minimum absolute atomic E-state index is 0.392. The van der Waals surface area contributed by atoms with Crippen LogP contribution < -0.4 is 11.1 Å². The Balaban J connectivity index is 1.97. The number of anilines is 1. The Labute approximate surface area is 103 Å². The first-order valence-electron chi connectivity index (χ1n) is 6.42. The van der Waals surface area contributed by atoms with Crippen LogP contribution in [0.3, 0.4) is 0 Å². The molecule has 3 heteroatoms. The lowest BCUT2D eigenvalue weighted by molar-refractivity contribution is 0.123. The van der Waals surface area contributed by atoms with Gasteiger partial charge in [-0.05, 0) is 49.9 Å². The molecule has 0 saturated carbocycles. The lowest BCUT2D eigenvalue weighted by Crippen LogP contribution is -2.33. The number of aryl methyl sites for hydroxylation is 1. The minimum Gasteiger partial charge on any atom is -0.399 e. The highest BCUT2D eigenvalue weighted by Gasteiger charge is 2.23. The van der Waals surface area contributed by atoms with Crippen molar-refractivity contribution in [1.82, 2.24) is 5.32 Å². The molecule has 2 rings (SSSR count). The summed E-state index contributed by atoms with van der Waals surface area (Å²) < 4.78 is 5.43. The van der Waals surface area contributed by atoms with E-state index in [1.165, 1.54) is 11.1 Å². The monoisotopic (exact) mass is 234 g/mol. The number of nitrogens with two attached hydrogens (primary N) is 1. The molecule has 0 bridgehead atoms. The molecule has 3 N–H and O–H groups in total. The number of rotatable bonds is 5. The van der Waals surface area contributed by atoms with Gasteiger partial charge in [0, 0.05) is 24.4 Å². The predicted molar refractivity (Wildman–Crippen MR) is 71.0 cm³/mol. The molecule has 0 aromatic heterocycles. The van der Waals surface area contributed by atoms with E-state index in [0.717, 1.165) is 31.7 Å². The van der Waals surface area contributed by atoms with Crippen molar-refractivity contribution in [2.24, 2.45) is 0 Å². The quantitative estimate of drug-likeness (QED) is 0.768. The molecule has 0 amide bonds. The van der Waals surface area contributed by atoms with E-state index in [9.17, 15) is 0 Å². The van der Waals surface area contributed by atoms with Crippen molar-refractivity contribution in [2.45, 2.75) is 38.8 Å². The highest BCUT2D eigenvalue weighted by Crippen LogP contribution is 2.32. The number of ether oxygens (including phenoxy) is 1. The van der Waals surface area contributed by atoms with Crippen LogP contribution in [0.4, 0.5) is 5.69 Å². The van der Waals surface area contributed by atoms with Gasteiger partial charge >= 0.3 is 0 Å². The van der Waals surface area contributed by atoms with Gasteiger partial charge < -0.3 is 15.8 Å².